The maximum Gasteiger partial charge on any atom is 0.256 e. The van der Waals surface area contributed by atoms with Crippen LogP contribution in [0.4, 0.5) is 5.69 Å². The maximum atomic E-state index is 12.5. The topological polar surface area (TPSA) is 62.1 Å². The quantitative estimate of drug-likeness (QED) is 0.726. The molecule has 0 atom stereocenters. The molecule has 0 aliphatic carbocycles. The minimum absolute atomic E-state index is 0.00872. The van der Waals surface area contributed by atoms with Crippen molar-refractivity contribution < 1.29 is 4.79 Å². The Kier molecular flexibility index (Phi) is 3.20. The SMILES string of the molecule is CN(Cc1cccs1)C(=O)c1c[nH]c2cc(N)ccc12. The Balaban J connectivity index is 1.88. The van der Waals surface area contributed by atoms with Crippen LogP contribution in [0.25, 0.3) is 10.9 Å². The molecule has 3 aromatic rings. The Bertz CT molecular complexity index is 746. The highest BCUT2D eigenvalue weighted by atomic mass is 32.1. The van der Waals surface area contributed by atoms with Crippen LogP contribution in [-0.4, -0.2) is 22.8 Å². The van der Waals surface area contributed by atoms with Crippen molar-refractivity contribution in [3.05, 3.63) is 52.3 Å². The second-order valence-electron chi connectivity index (χ2n) is 4.75. The highest BCUT2D eigenvalue weighted by Gasteiger charge is 2.16. The number of nitrogens with zero attached hydrogens (tertiary/aromatic N) is 1. The largest absolute Gasteiger partial charge is 0.399 e. The number of hydrogen-bond donors (Lipinski definition) is 2. The summed E-state index contributed by atoms with van der Waals surface area (Å²) in [6.07, 6.45) is 1.75. The van der Waals surface area contributed by atoms with Crippen LogP contribution in [-0.2, 0) is 6.54 Å². The Hall–Kier alpha value is -2.27. The van der Waals surface area contributed by atoms with E-state index in [0.717, 1.165) is 10.9 Å². The van der Waals surface area contributed by atoms with Gasteiger partial charge in [0.05, 0.1) is 12.1 Å². The van der Waals surface area contributed by atoms with E-state index in [0.29, 0.717) is 17.8 Å². The fourth-order valence-corrected chi connectivity index (χ4v) is 2.99. The number of H-pyrrole nitrogens is 1. The van der Waals surface area contributed by atoms with E-state index in [9.17, 15) is 4.79 Å². The predicted molar refractivity (Wildman–Crippen MR) is 82.8 cm³/mol. The number of fused-ring (bicyclic) bond motifs is 1. The first-order valence-corrected chi connectivity index (χ1v) is 7.17. The summed E-state index contributed by atoms with van der Waals surface area (Å²) in [5, 5.41) is 2.92. The molecule has 2 aromatic heterocycles. The molecule has 4 nitrogen and oxygen atoms in total. The number of nitrogens with two attached hydrogens (primary N) is 1. The number of nitrogen functional groups attached to an aromatic ring is 1. The molecule has 0 bridgehead atoms. The summed E-state index contributed by atoms with van der Waals surface area (Å²) >= 11 is 1.65. The van der Waals surface area contributed by atoms with Crippen LogP contribution in [0.15, 0.2) is 41.9 Å². The lowest BCUT2D eigenvalue weighted by Crippen LogP contribution is -2.25. The summed E-state index contributed by atoms with van der Waals surface area (Å²) in [6, 6.07) is 9.56. The number of carbonyl (C=O) groups is 1. The maximum absolute atomic E-state index is 12.5. The van der Waals surface area contributed by atoms with Gasteiger partial charge in [-0.3, -0.25) is 4.79 Å². The zero-order valence-corrected chi connectivity index (χ0v) is 11.9. The highest BCUT2D eigenvalue weighted by molar-refractivity contribution is 7.09. The molecule has 0 spiro atoms. The van der Waals surface area contributed by atoms with Crippen LogP contribution in [0.2, 0.25) is 0 Å². The Labute approximate surface area is 120 Å². The number of aromatic nitrogens is 1. The van der Waals surface area contributed by atoms with Gasteiger partial charge in [0.2, 0.25) is 0 Å². The van der Waals surface area contributed by atoms with E-state index >= 15 is 0 Å². The third-order valence-corrected chi connectivity index (χ3v) is 4.12. The van der Waals surface area contributed by atoms with Crippen LogP contribution in [0.3, 0.4) is 0 Å². The molecule has 102 valence electrons. The standard InChI is InChI=1S/C15H15N3OS/c1-18(9-11-3-2-6-20-11)15(19)13-8-17-14-7-10(16)4-5-12(13)14/h2-8,17H,9,16H2,1H3. The number of rotatable bonds is 3. The zero-order chi connectivity index (χ0) is 14.1. The van der Waals surface area contributed by atoms with E-state index in [1.807, 2.05) is 42.8 Å². The first-order valence-electron chi connectivity index (χ1n) is 6.29. The van der Waals surface area contributed by atoms with Crippen LogP contribution >= 0.6 is 11.3 Å². The molecule has 0 radical (unpaired) electrons. The predicted octanol–water partition coefficient (Wildman–Crippen LogP) is 3.08. The van der Waals surface area contributed by atoms with Crippen molar-refractivity contribution in [3.63, 3.8) is 0 Å². The average molecular weight is 285 g/mol. The first-order chi connectivity index (χ1) is 9.65. The molecule has 0 aliphatic heterocycles. The lowest BCUT2D eigenvalue weighted by molar-refractivity contribution is 0.0788. The molecule has 0 saturated carbocycles. The minimum atomic E-state index is 0.00872. The molecule has 0 fully saturated rings. The molecule has 0 unspecified atom stereocenters. The van der Waals surface area contributed by atoms with Crippen molar-refractivity contribution in [2.75, 3.05) is 12.8 Å². The second-order valence-corrected chi connectivity index (χ2v) is 5.78. The van der Waals surface area contributed by atoms with E-state index < -0.39 is 0 Å². The normalized spacial score (nSPS) is 10.8. The Morgan fingerprint density at radius 1 is 1.40 bits per heavy atom. The van der Waals surface area contributed by atoms with E-state index in [-0.39, 0.29) is 5.91 Å². The summed E-state index contributed by atoms with van der Waals surface area (Å²) in [5.41, 5.74) is 8.00. The summed E-state index contributed by atoms with van der Waals surface area (Å²) in [5.74, 6) is 0.00872. The lowest BCUT2D eigenvalue weighted by Gasteiger charge is -2.15. The lowest BCUT2D eigenvalue weighted by atomic mass is 10.1. The molecule has 0 aliphatic rings. The molecule has 1 amide bonds. The molecule has 0 saturated heterocycles. The first kappa shape index (κ1) is 12.7. The van der Waals surface area contributed by atoms with Gasteiger partial charge in [-0.05, 0) is 29.6 Å². The molecule has 20 heavy (non-hydrogen) atoms. The van der Waals surface area contributed by atoms with Crippen LogP contribution in [0.5, 0.6) is 0 Å². The number of hydrogen-bond acceptors (Lipinski definition) is 3. The van der Waals surface area contributed by atoms with Gasteiger partial charge in [-0.2, -0.15) is 0 Å². The number of aromatic amines is 1. The Morgan fingerprint density at radius 3 is 3.00 bits per heavy atom. The van der Waals surface area contributed by atoms with Gasteiger partial charge in [0.25, 0.3) is 5.91 Å². The van der Waals surface area contributed by atoms with Crippen molar-refractivity contribution in [2.24, 2.45) is 0 Å². The number of benzene rings is 1. The molecule has 2 heterocycles. The van der Waals surface area contributed by atoms with Gasteiger partial charge in [0, 0.05) is 34.7 Å². The Morgan fingerprint density at radius 2 is 2.25 bits per heavy atom. The molecule has 5 heteroatoms. The van der Waals surface area contributed by atoms with E-state index in [2.05, 4.69) is 4.98 Å². The fourth-order valence-electron chi connectivity index (χ4n) is 2.23. The molecule has 3 N–H and O–H groups in total. The summed E-state index contributed by atoms with van der Waals surface area (Å²) in [7, 11) is 1.82. The van der Waals surface area contributed by atoms with Crippen molar-refractivity contribution in [1.29, 1.82) is 0 Å². The number of amides is 1. The monoisotopic (exact) mass is 285 g/mol. The minimum Gasteiger partial charge on any atom is -0.399 e. The zero-order valence-electron chi connectivity index (χ0n) is 11.1. The highest BCUT2D eigenvalue weighted by Crippen LogP contribution is 2.22. The van der Waals surface area contributed by atoms with Crippen molar-refractivity contribution >= 4 is 33.8 Å². The number of carbonyl (C=O) groups excluding carboxylic acids is 1. The second kappa shape index (κ2) is 5.02. The van der Waals surface area contributed by atoms with Crippen molar-refractivity contribution in [3.8, 4) is 0 Å². The molecule has 3 rings (SSSR count). The van der Waals surface area contributed by atoms with E-state index in [1.54, 1.807) is 22.4 Å². The van der Waals surface area contributed by atoms with E-state index in [4.69, 9.17) is 5.73 Å². The number of thiophene rings is 1. The van der Waals surface area contributed by atoms with Crippen molar-refractivity contribution in [1.82, 2.24) is 9.88 Å². The van der Waals surface area contributed by atoms with E-state index in [1.165, 1.54) is 4.88 Å². The van der Waals surface area contributed by atoms with Gasteiger partial charge in [-0.25, -0.2) is 0 Å². The van der Waals surface area contributed by atoms with Gasteiger partial charge in [-0.15, -0.1) is 11.3 Å². The van der Waals surface area contributed by atoms with Gasteiger partial charge in [0.1, 0.15) is 0 Å². The van der Waals surface area contributed by atoms with Gasteiger partial charge in [0.15, 0.2) is 0 Å². The van der Waals surface area contributed by atoms with Gasteiger partial charge in [-0.1, -0.05) is 6.07 Å². The molecular formula is C15H15N3OS. The third-order valence-electron chi connectivity index (χ3n) is 3.26. The van der Waals surface area contributed by atoms with Crippen LogP contribution in [0, 0.1) is 0 Å². The summed E-state index contributed by atoms with van der Waals surface area (Å²) in [6.45, 7) is 0.623. The number of anilines is 1. The smallest absolute Gasteiger partial charge is 0.256 e. The summed E-state index contributed by atoms with van der Waals surface area (Å²) in [4.78, 5) is 18.5. The van der Waals surface area contributed by atoms with Crippen LogP contribution < -0.4 is 5.73 Å². The molecule has 1 aromatic carbocycles. The van der Waals surface area contributed by atoms with Gasteiger partial charge >= 0.3 is 0 Å². The number of nitrogens with one attached hydrogen (secondary N) is 1. The molecular weight excluding hydrogens is 270 g/mol. The fraction of sp³-hybridized carbons (Fsp3) is 0.133. The third kappa shape index (κ3) is 2.28. The van der Waals surface area contributed by atoms with Crippen molar-refractivity contribution in [2.45, 2.75) is 6.54 Å². The van der Waals surface area contributed by atoms with Crippen LogP contribution in [0.1, 0.15) is 15.2 Å². The summed E-state index contributed by atoms with van der Waals surface area (Å²) < 4.78 is 0. The van der Waals surface area contributed by atoms with Gasteiger partial charge < -0.3 is 15.6 Å². The average Bonchev–Trinajstić information content (AvgIpc) is 3.06.